The van der Waals surface area contributed by atoms with Gasteiger partial charge in [-0.25, -0.2) is 4.79 Å². The Bertz CT molecular complexity index is 489. The number of nitro benzene ring substituents is 1. The van der Waals surface area contributed by atoms with Gasteiger partial charge in [0.1, 0.15) is 5.69 Å². The maximum atomic E-state index is 11.4. The lowest BCUT2D eigenvalue weighted by molar-refractivity contribution is -0.384. The average molecular weight is 281 g/mol. The minimum absolute atomic E-state index is 0.0532. The summed E-state index contributed by atoms with van der Waals surface area (Å²) in [5, 5.41) is 13.9. The van der Waals surface area contributed by atoms with Gasteiger partial charge in [-0.2, -0.15) is 0 Å². The van der Waals surface area contributed by atoms with Crippen molar-refractivity contribution in [2.24, 2.45) is 0 Å². The molecular weight excluding hydrogens is 262 g/mol. The lowest BCUT2D eigenvalue weighted by Crippen LogP contribution is -2.16. The molecule has 0 aromatic heterocycles. The van der Waals surface area contributed by atoms with Crippen LogP contribution < -0.4 is 5.32 Å². The Labute approximate surface area is 117 Å². The molecule has 0 saturated heterocycles. The molecule has 110 valence electrons. The van der Waals surface area contributed by atoms with Gasteiger partial charge in [0.25, 0.3) is 5.69 Å². The Balaban J connectivity index is 2.83. The second-order valence-electron chi connectivity index (χ2n) is 4.56. The quantitative estimate of drug-likeness (QED) is 0.355. The predicted molar refractivity (Wildman–Crippen MR) is 76.1 cm³/mol. The summed E-state index contributed by atoms with van der Waals surface area (Å²) in [6.07, 6.45) is 0.840. The Morgan fingerprint density at radius 1 is 1.45 bits per heavy atom. The second kappa shape index (κ2) is 7.44. The lowest BCUT2D eigenvalue weighted by atomic mass is 10.1. The van der Waals surface area contributed by atoms with Crippen molar-refractivity contribution in [3.8, 4) is 0 Å². The number of rotatable bonds is 7. The number of esters is 1. The molecule has 0 bridgehead atoms. The third-order valence-corrected chi connectivity index (χ3v) is 2.71. The van der Waals surface area contributed by atoms with E-state index in [0.29, 0.717) is 12.2 Å². The Kier molecular flexibility index (Phi) is 5.92. The summed E-state index contributed by atoms with van der Waals surface area (Å²) < 4.78 is 4.61. The molecule has 0 aliphatic rings. The van der Waals surface area contributed by atoms with Gasteiger partial charge in [0.2, 0.25) is 0 Å². The minimum Gasteiger partial charge on any atom is -0.465 e. The monoisotopic (exact) mass is 281 g/mol. The number of benzene rings is 1. The first-order chi connectivity index (χ1) is 9.45. The molecule has 0 atom stereocenters. The van der Waals surface area contributed by atoms with Crippen molar-refractivity contribution in [1.82, 2.24) is 4.90 Å². The zero-order chi connectivity index (χ0) is 15.1. The van der Waals surface area contributed by atoms with Crippen LogP contribution in [-0.2, 0) is 4.74 Å². The summed E-state index contributed by atoms with van der Waals surface area (Å²) >= 11 is 0. The summed E-state index contributed by atoms with van der Waals surface area (Å²) in [5.41, 5.74) is 0.562. The molecule has 0 radical (unpaired) electrons. The van der Waals surface area contributed by atoms with Crippen LogP contribution in [0.5, 0.6) is 0 Å². The fourth-order valence-corrected chi connectivity index (χ4v) is 1.70. The average Bonchev–Trinajstić information content (AvgIpc) is 2.42. The van der Waals surface area contributed by atoms with E-state index < -0.39 is 10.9 Å². The molecule has 0 heterocycles. The fourth-order valence-electron chi connectivity index (χ4n) is 1.70. The van der Waals surface area contributed by atoms with E-state index in [2.05, 4.69) is 10.1 Å². The van der Waals surface area contributed by atoms with Crippen molar-refractivity contribution in [2.45, 2.75) is 6.42 Å². The van der Waals surface area contributed by atoms with Crippen molar-refractivity contribution in [1.29, 1.82) is 0 Å². The van der Waals surface area contributed by atoms with Gasteiger partial charge in [-0.1, -0.05) is 0 Å². The van der Waals surface area contributed by atoms with Gasteiger partial charge >= 0.3 is 5.97 Å². The third-order valence-electron chi connectivity index (χ3n) is 2.71. The zero-order valence-electron chi connectivity index (χ0n) is 11.9. The standard InChI is InChI=1S/C13H19N3O4/c1-15(2)8-4-7-14-11-9-10(13(17)20-3)5-6-12(11)16(18)19/h5-6,9,14H,4,7-8H2,1-3H3. The number of carbonyl (C=O) groups is 1. The predicted octanol–water partition coefficient (Wildman–Crippen LogP) is 1.74. The van der Waals surface area contributed by atoms with Crippen molar-refractivity contribution in [2.75, 3.05) is 39.6 Å². The van der Waals surface area contributed by atoms with Crippen molar-refractivity contribution in [3.05, 3.63) is 33.9 Å². The van der Waals surface area contributed by atoms with E-state index in [-0.39, 0.29) is 11.3 Å². The number of hydrogen-bond acceptors (Lipinski definition) is 6. The molecule has 0 aliphatic heterocycles. The third kappa shape index (κ3) is 4.51. The molecule has 7 heteroatoms. The highest BCUT2D eigenvalue weighted by Gasteiger charge is 2.16. The van der Waals surface area contributed by atoms with Gasteiger partial charge in [0.05, 0.1) is 17.6 Å². The molecule has 7 nitrogen and oxygen atoms in total. The zero-order valence-corrected chi connectivity index (χ0v) is 11.9. The molecule has 0 spiro atoms. The highest BCUT2D eigenvalue weighted by Crippen LogP contribution is 2.25. The van der Waals surface area contributed by atoms with Crippen LogP contribution in [0, 0.1) is 10.1 Å². The highest BCUT2D eigenvalue weighted by atomic mass is 16.6. The van der Waals surface area contributed by atoms with E-state index in [1.54, 1.807) is 0 Å². The van der Waals surface area contributed by atoms with Crippen LogP contribution in [-0.4, -0.2) is 50.1 Å². The van der Waals surface area contributed by atoms with Gasteiger partial charge in [-0.15, -0.1) is 0 Å². The summed E-state index contributed by atoms with van der Waals surface area (Å²) in [4.78, 5) is 23.9. The van der Waals surface area contributed by atoms with Crippen molar-refractivity contribution in [3.63, 3.8) is 0 Å². The number of hydrogen-bond donors (Lipinski definition) is 1. The Morgan fingerprint density at radius 2 is 2.15 bits per heavy atom. The molecule has 0 saturated carbocycles. The number of ether oxygens (including phenoxy) is 1. The maximum absolute atomic E-state index is 11.4. The van der Waals surface area contributed by atoms with Crippen LogP contribution >= 0.6 is 0 Å². The van der Waals surface area contributed by atoms with Gasteiger partial charge in [-0.05, 0) is 39.2 Å². The maximum Gasteiger partial charge on any atom is 0.337 e. The molecule has 1 N–H and O–H groups in total. The smallest absolute Gasteiger partial charge is 0.337 e. The number of methoxy groups -OCH3 is 1. The van der Waals surface area contributed by atoms with Crippen LogP contribution in [0.25, 0.3) is 0 Å². The first-order valence-electron chi connectivity index (χ1n) is 6.21. The van der Waals surface area contributed by atoms with Crippen LogP contribution in [0.3, 0.4) is 0 Å². The SMILES string of the molecule is COC(=O)c1ccc([N+](=O)[O-])c(NCCCN(C)C)c1. The first kappa shape index (κ1) is 15.9. The molecule has 0 fully saturated rings. The van der Waals surface area contributed by atoms with Crippen LogP contribution in [0.2, 0.25) is 0 Å². The number of nitro groups is 1. The summed E-state index contributed by atoms with van der Waals surface area (Å²) in [6.45, 7) is 1.46. The van der Waals surface area contributed by atoms with Crippen molar-refractivity contribution < 1.29 is 14.5 Å². The molecule has 0 aliphatic carbocycles. The lowest BCUT2D eigenvalue weighted by Gasteiger charge is -2.11. The van der Waals surface area contributed by atoms with E-state index in [1.165, 1.54) is 25.3 Å². The van der Waals surface area contributed by atoms with Gasteiger partial charge < -0.3 is 15.0 Å². The van der Waals surface area contributed by atoms with Crippen LogP contribution in [0.4, 0.5) is 11.4 Å². The number of carbonyl (C=O) groups excluding carboxylic acids is 1. The molecule has 1 aromatic rings. The van der Waals surface area contributed by atoms with Gasteiger partial charge in [0, 0.05) is 12.6 Å². The van der Waals surface area contributed by atoms with E-state index in [1.807, 2.05) is 19.0 Å². The normalized spacial score (nSPS) is 10.4. The second-order valence-corrected chi connectivity index (χ2v) is 4.56. The Morgan fingerprint density at radius 3 is 2.70 bits per heavy atom. The van der Waals surface area contributed by atoms with E-state index in [0.717, 1.165) is 13.0 Å². The summed E-state index contributed by atoms with van der Waals surface area (Å²) in [5.74, 6) is -0.517. The molecular formula is C13H19N3O4. The largest absolute Gasteiger partial charge is 0.465 e. The number of anilines is 1. The number of nitrogens with zero attached hydrogens (tertiary/aromatic N) is 2. The Hall–Kier alpha value is -2.15. The van der Waals surface area contributed by atoms with Gasteiger partial charge in [-0.3, -0.25) is 10.1 Å². The topological polar surface area (TPSA) is 84.7 Å². The fraction of sp³-hybridized carbons (Fsp3) is 0.462. The van der Waals surface area contributed by atoms with Crippen LogP contribution in [0.15, 0.2) is 18.2 Å². The van der Waals surface area contributed by atoms with E-state index >= 15 is 0 Å². The summed E-state index contributed by atoms with van der Waals surface area (Å²) in [6, 6.07) is 4.13. The molecule has 20 heavy (non-hydrogen) atoms. The molecule has 0 unspecified atom stereocenters. The molecule has 0 amide bonds. The van der Waals surface area contributed by atoms with E-state index in [9.17, 15) is 14.9 Å². The van der Waals surface area contributed by atoms with Crippen LogP contribution in [0.1, 0.15) is 16.8 Å². The minimum atomic E-state index is -0.517. The van der Waals surface area contributed by atoms with Gasteiger partial charge in [0.15, 0.2) is 0 Å². The summed E-state index contributed by atoms with van der Waals surface area (Å²) in [7, 11) is 5.19. The highest BCUT2D eigenvalue weighted by molar-refractivity contribution is 5.91. The van der Waals surface area contributed by atoms with Crippen molar-refractivity contribution >= 4 is 17.3 Å². The molecule has 1 rings (SSSR count). The number of nitrogens with one attached hydrogen (secondary N) is 1. The van der Waals surface area contributed by atoms with E-state index in [4.69, 9.17) is 0 Å². The first-order valence-corrected chi connectivity index (χ1v) is 6.21. The molecule has 1 aromatic carbocycles.